The Labute approximate surface area is 148 Å². The first-order chi connectivity index (χ1) is 12.5. The van der Waals surface area contributed by atoms with Crippen molar-refractivity contribution in [2.75, 3.05) is 0 Å². The molecule has 0 N–H and O–H groups in total. The van der Waals surface area contributed by atoms with E-state index in [1.807, 2.05) is 43.3 Å². The standard InChI is InChI=1S/C19H16N4O3/c1-12-7-9-13(10-8-12)17-21-20-16(26-17)11-23-15-6-4-3-5-14(15)22(2)18(24)19(23)25/h3-10H,11H2,1-2H3. The first kappa shape index (κ1) is 16.0. The summed E-state index contributed by atoms with van der Waals surface area (Å²) < 4.78 is 8.41. The van der Waals surface area contributed by atoms with Gasteiger partial charge in [-0.05, 0) is 31.2 Å². The minimum absolute atomic E-state index is 0.0360. The van der Waals surface area contributed by atoms with E-state index in [9.17, 15) is 9.59 Å². The fourth-order valence-corrected chi connectivity index (χ4v) is 2.88. The summed E-state index contributed by atoms with van der Waals surface area (Å²) in [5, 5.41) is 8.07. The molecule has 7 nitrogen and oxygen atoms in total. The van der Waals surface area contributed by atoms with Crippen LogP contribution in [0.25, 0.3) is 22.5 Å². The van der Waals surface area contributed by atoms with Crippen LogP contribution in [0.2, 0.25) is 0 Å². The Hall–Kier alpha value is -3.48. The van der Waals surface area contributed by atoms with Crippen LogP contribution in [0, 0.1) is 6.92 Å². The number of benzene rings is 2. The summed E-state index contributed by atoms with van der Waals surface area (Å²) >= 11 is 0. The van der Waals surface area contributed by atoms with E-state index < -0.39 is 11.1 Å². The van der Waals surface area contributed by atoms with E-state index in [1.165, 1.54) is 9.13 Å². The Morgan fingerprint density at radius 1 is 0.923 bits per heavy atom. The molecule has 4 rings (SSSR count). The molecule has 2 aromatic heterocycles. The molecule has 0 saturated carbocycles. The van der Waals surface area contributed by atoms with Gasteiger partial charge in [-0.25, -0.2) is 0 Å². The molecule has 0 fully saturated rings. The molecule has 0 atom stereocenters. The van der Waals surface area contributed by atoms with Gasteiger partial charge in [-0.15, -0.1) is 10.2 Å². The highest BCUT2D eigenvalue weighted by atomic mass is 16.4. The molecule has 0 unspecified atom stereocenters. The van der Waals surface area contributed by atoms with Crippen LogP contribution in [0.1, 0.15) is 11.5 Å². The minimum Gasteiger partial charge on any atom is -0.419 e. The number of fused-ring (bicyclic) bond motifs is 1. The predicted molar refractivity (Wildman–Crippen MR) is 97.0 cm³/mol. The highest BCUT2D eigenvalue weighted by Crippen LogP contribution is 2.19. The van der Waals surface area contributed by atoms with E-state index in [4.69, 9.17) is 4.42 Å². The summed E-state index contributed by atoms with van der Waals surface area (Å²) in [5.41, 5.74) is 2.01. The van der Waals surface area contributed by atoms with Crippen LogP contribution < -0.4 is 11.1 Å². The van der Waals surface area contributed by atoms with Gasteiger partial charge < -0.3 is 8.98 Å². The van der Waals surface area contributed by atoms with E-state index in [0.717, 1.165) is 11.1 Å². The third-order valence-corrected chi connectivity index (χ3v) is 4.33. The van der Waals surface area contributed by atoms with E-state index in [0.29, 0.717) is 16.9 Å². The summed E-state index contributed by atoms with van der Waals surface area (Å²) in [6, 6.07) is 14.9. The topological polar surface area (TPSA) is 82.9 Å². The van der Waals surface area contributed by atoms with Crippen molar-refractivity contribution in [3.05, 3.63) is 80.7 Å². The molecule has 0 spiro atoms. The molecule has 2 aromatic carbocycles. The van der Waals surface area contributed by atoms with Gasteiger partial charge in [0.05, 0.1) is 11.0 Å². The largest absolute Gasteiger partial charge is 0.419 e. The van der Waals surface area contributed by atoms with E-state index in [-0.39, 0.29) is 12.4 Å². The normalized spacial score (nSPS) is 11.2. The Kier molecular flexibility index (Phi) is 3.76. The van der Waals surface area contributed by atoms with Crippen molar-refractivity contribution in [3.8, 4) is 11.5 Å². The molecule has 0 aliphatic rings. The van der Waals surface area contributed by atoms with Gasteiger partial charge in [0.25, 0.3) is 0 Å². The van der Waals surface area contributed by atoms with Crippen LogP contribution in [0.3, 0.4) is 0 Å². The zero-order valence-electron chi connectivity index (χ0n) is 14.3. The van der Waals surface area contributed by atoms with Crippen LogP contribution in [0.4, 0.5) is 0 Å². The quantitative estimate of drug-likeness (QED) is 0.530. The van der Waals surface area contributed by atoms with Gasteiger partial charge in [-0.2, -0.15) is 0 Å². The van der Waals surface area contributed by atoms with E-state index in [2.05, 4.69) is 10.2 Å². The number of para-hydroxylation sites is 2. The van der Waals surface area contributed by atoms with E-state index >= 15 is 0 Å². The Morgan fingerprint density at radius 2 is 1.62 bits per heavy atom. The van der Waals surface area contributed by atoms with Crippen LogP contribution in [-0.4, -0.2) is 19.3 Å². The molecule has 7 heteroatoms. The lowest BCUT2D eigenvalue weighted by molar-refractivity contribution is 0.486. The van der Waals surface area contributed by atoms with Gasteiger partial charge >= 0.3 is 11.1 Å². The SMILES string of the molecule is Cc1ccc(-c2nnc(Cn3c(=O)c(=O)n(C)c4ccccc43)o2)cc1. The highest BCUT2D eigenvalue weighted by molar-refractivity contribution is 5.75. The molecule has 0 bridgehead atoms. The van der Waals surface area contributed by atoms with Gasteiger partial charge in [-0.3, -0.25) is 14.2 Å². The molecule has 0 saturated heterocycles. The van der Waals surface area contributed by atoms with Crippen LogP contribution in [0.15, 0.2) is 62.5 Å². The smallest absolute Gasteiger partial charge is 0.317 e. The maximum atomic E-state index is 12.5. The number of hydrogen-bond donors (Lipinski definition) is 0. The van der Waals surface area contributed by atoms with Gasteiger partial charge in [0.2, 0.25) is 11.8 Å². The van der Waals surface area contributed by atoms with E-state index in [1.54, 1.807) is 19.2 Å². The number of aryl methyl sites for hydroxylation is 2. The second-order valence-electron chi connectivity index (χ2n) is 6.11. The molecule has 130 valence electrons. The van der Waals surface area contributed by atoms with Crippen molar-refractivity contribution in [2.45, 2.75) is 13.5 Å². The molecule has 26 heavy (non-hydrogen) atoms. The number of hydrogen-bond acceptors (Lipinski definition) is 5. The van der Waals surface area contributed by atoms with Crippen molar-refractivity contribution in [2.24, 2.45) is 7.05 Å². The zero-order valence-corrected chi connectivity index (χ0v) is 14.3. The molecule has 0 radical (unpaired) electrons. The van der Waals surface area contributed by atoms with Crippen molar-refractivity contribution < 1.29 is 4.42 Å². The first-order valence-corrected chi connectivity index (χ1v) is 8.12. The second kappa shape index (κ2) is 6.11. The van der Waals surface area contributed by atoms with Gasteiger partial charge in [-0.1, -0.05) is 29.8 Å². The lowest BCUT2D eigenvalue weighted by atomic mass is 10.1. The molecule has 2 heterocycles. The summed E-state index contributed by atoms with van der Waals surface area (Å²) in [7, 11) is 1.58. The van der Waals surface area contributed by atoms with Crippen molar-refractivity contribution in [3.63, 3.8) is 0 Å². The van der Waals surface area contributed by atoms with Crippen LogP contribution >= 0.6 is 0 Å². The molecular weight excluding hydrogens is 332 g/mol. The summed E-state index contributed by atoms with van der Waals surface area (Å²) in [5.74, 6) is 0.641. The summed E-state index contributed by atoms with van der Waals surface area (Å²) in [6.07, 6.45) is 0. The monoisotopic (exact) mass is 348 g/mol. The first-order valence-electron chi connectivity index (χ1n) is 8.12. The maximum absolute atomic E-state index is 12.5. The van der Waals surface area contributed by atoms with Crippen molar-refractivity contribution in [1.82, 2.24) is 19.3 Å². The van der Waals surface area contributed by atoms with Gasteiger partial charge in [0.1, 0.15) is 6.54 Å². The Morgan fingerprint density at radius 3 is 2.35 bits per heavy atom. The average molecular weight is 348 g/mol. The molecule has 0 amide bonds. The summed E-state index contributed by atoms with van der Waals surface area (Å²) in [4.78, 5) is 24.7. The second-order valence-corrected chi connectivity index (χ2v) is 6.11. The molecule has 0 aliphatic carbocycles. The molecule has 0 aliphatic heterocycles. The predicted octanol–water partition coefficient (Wildman–Crippen LogP) is 2.11. The average Bonchev–Trinajstić information content (AvgIpc) is 3.13. The van der Waals surface area contributed by atoms with Crippen LogP contribution in [-0.2, 0) is 13.6 Å². The Bertz CT molecular complexity index is 1220. The third-order valence-electron chi connectivity index (χ3n) is 4.33. The van der Waals surface area contributed by atoms with Crippen molar-refractivity contribution >= 4 is 11.0 Å². The lowest BCUT2D eigenvalue weighted by Crippen LogP contribution is -2.40. The lowest BCUT2D eigenvalue weighted by Gasteiger charge is -2.10. The minimum atomic E-state index is -0.624. The Balaban J connectivity index is 1.78. The molecular formula is C19H16N4O3. The van der Waals surface area contributed by atoms with Crippen molar-refractivity contribution in [1.29, 1.82) is 0 Å². The summed E-state index contributed by atoms with van der Waals surface area (Å²) in [6.45, 7) is 2.03. The van der Waals surface area contributed by atoms with Gasteiger partial charge in [0.15, 0.2) is 0 Å². The fraction of sp³-hybridized carbons (Fsp3) is 0.158. The number of aromatic nitrogens is 4. The number of rotatable bonds is 3. The van der Waals surface area contributed by atoms with Crippen LogP contribution in [0.5, 0.6) is 0 Å². The third kappa shape index (κ3) is 2.63. The maximum Gasteiger partial charge on any atom is 0.317 e. The highest BCUT2D eigenvalue weighted by Gasteiger charge is 2.14. The molecule has 4 aromatic rings. The zero-order chi connectivity index (χ0) is 18.3. The fourth-order valence-electron chi connectivity index (χ4n) is 2.88. The van der Waals surface area contributed by atoms with Gasteiger partial charge in [0, 0.05) is 12.6 Å². The number of nitrogens with zero attached hydrogens (tertiary/aromatic N) is 4.